The quantitative estimate of drug-likeness (QED) is 0.862. The Kier molecular flexibility index (Phi) is 3.18. The number of aliphatic hydroxyl groups is 1. The van der Waals surface area contributed by atoms with Crippen LogP contribution in [0.15, 0.2) is 42.5 Å². The van der Waals surface area contributed by atoms with Gasteiger partial charge in [0.15, 0.2) is 0 Å². The van der Waals surface area contributed by atoms with Crippen LogP contribution in [0.5, 0.6) is 0 Å². The van der Waals surface area contributed by atoms with E-state index in [1.165, 1.54) is 13.0 Å². The third-order valence-electron chi connectivity index (χ3n) is 3.13. The van der Waals surface area contributed by atoms with Gasteiger partial charge >= 0.3 is 0 Å². The van der Waals surface area contributed by atoms with E-state index in [0.717, 1.165) is 17.7 Å². The van der Waals surface area contributed by atoms with Crippen molar-refractivity contribution in [3.05, 3.63) is 70.8 Å². The molecule has 0 radical (unpaired) electrons. The number of aryl methyl sites for hydroxylation is 1. The lowest BCUT2D eigenvalue weighted by molar-refractivity contribution is 0.0971. The first-order chi connectivity index (χ1) is 8.43. The molecule has 2 aromatic carbocycles. The van der Waals surface area contributed by atoms with Gasteiger partial charge in [-0.25, -0.2) is 8.78 Å². The molecule has 0 aliphatic carbocycles. The monoisotopic (exact) mass is 248 g/mol. The van der Waals surface area contributed by atoms with Crippen molar-refractivity contribution in [3.8, 4) is 0 Å². The van der Waals surface area contributed by atoms with Crippen LogP contribution in [-0.2, 0) is 5.60 Å². The van der Waals surface area contributed by atoms with E-state index in [1.807, 2.05) is 19.1 Å². The first-order valence-corrected chi connectivity index (χ1v) is 5.67. The standard InChI is InChI=1S/C15H14F2O/c1-10-5-3-4-6-12(10)15(2,18)13-8-7-11(16)9-14(13)17/h3-9,18H,1-2H3. The fourth-order valence-corrected chi connectivity index (χ4v) is 2.15. The molecule has 0 amide bonds. The largest absolute Gasteiger partial charge is 0.381 e. The Hall–Kier alpha value is -1.74. The van der Waals surface area contributed by atoms with Crippen molar-refractivity contribution in [2.45, 2.75) is 19.4 Å². The molecule has 0 aliphatic rings. The number of hydrogen-bond donors (Lipinski definition) is 1. The summed E-state index contributed by atoms with van der Waals surface area (Å²) in [6, 6.07) is 10.4. The van der Waals surface area contributed by atoms with Gasteiger partial charge in [0.05, 0.1) is 0 Å². The summed E-state index contributed by atoms with van der Waals surface area (Å²) in [6.45, 7) is 3.34. The van der Waals surface area contributed by atoms with Crippen LogP contribution in [0.1, 0.15) is 23.6 Å². The second kappa shape index (κ2) is 4.50. The van der Waals surface area contributed by atoms with E-state index in [4.69, 9.17) is 0 Å². The second-order valence-electron chi connectivity index (χ2n) is 4.51. The van der Waals surface area contributed by atoms with E-state index in [2.05, 4.69) is 0 Å². The summed E-state index contributed by atoms with van der Waals surface area (Å²) in [7, 11) is 0. The SMILES string of the molecule is Cc1ccccc1C(C)(O)c1ccc(F)cc1F. The highest BCUT2D eigenvalue weighted by molar-refractivity contribution is 5.40. The Morgan fingerprint density at radius 2 is 1.67 bits per heavy atom. The zero-order chi connectivity index (χ0) is 13.3. The molecule has 2 rings (SSSR count). The van der Waals surface area contributed by atoms with Crippen LogP contribution in [0.2, 0.25) is 0 Å². The summed E-state index contributed by atoms with van der Waals surface area (Å²) in [5.41, 5.74) is 0.0447. The lowest BCUT2D eigenvalue weighted by atomic mass is 9.85. The maximum Gasteiger partial charge on any atom is 0.132 e. The highest BCUT2D eigenvalue weighted by Crippen LogP contribution is 2.32. The molecule has 0 aliphatic heterocycles. The lowest BCUT2D eigenvalue weighted by Crippen LogP contribution is -2.25. The average molecular weight is 248 g/mol. The van der Waals surface area contributed by atoms with Gasteiger partial charge in [-0.1, -0.05) is 24.3 Å². The smallest absolute Gasteiger partial charge is 0.132 e. The van der Waals surface area contributed by atoms with E-state index >= 15 is 0 Å². The Morgan fingerprint density at radius 1 is 1.00 bits per heavy atom. The van der Waals surface area contributed by atoms with E-state index in [-0.39, 0.29) is 5.56 Å². The van der Waals surface area contributed by atoms with Crippen LogP contribution in [-0.4, -0.2) is 5.11 Å². The third-order valence-corrected chi connectivity index (χ3v) is 3.13. The zero-order valence-electron chi connectivity index (χ0n) is 10.2. The van der Waals surface area contributed by atoms with Gasteiger partial charge in [0.1, 0.15) is 17.2 Å². The molecule has 94 valence electrons. The molecule has 2 aromatic rings. The Bertz CT molecular complexity index is 576. The number of benzene rings is 2. The summed E-state index contributed by atoms with van der Waals surface area (Å²) >= 11 is 0. The Morgan fingerprint density at radius 3 is 2.28 bits per heavy atom. The van der Waals surface area contributed by atoms with Gasteiger partial charge in [0, 0.05) is 11.6 Å². The van der Waals surface area contributed by atoms with Gasteiger partial charge < -0.3 is 5.11 Å². The summed E-state index contributed by atoms with van der Waals surface area (Å²) in [5, 5.41) is 10.5. The predicted octanol–water partition coefficient (Wildman–Crippen LogP) is 3.53. The molecule has 0 aromatic heterocycles. The number of rotatable bonds is 2. The number of halogens is 2. The molecule has 1 N–H and O–H groups in total. The highest BCUT2D eigenvalue weighted by Gasteiger charge is 2.30. The van der Waals surface area contributed by atoms with Gasteiger partial charge in [-0.2, -0.15) is 0 Å². The van der Waals surface area contributed by atoms with Crippen molar-refractivity contribution < 1.29 is 13.9 Å². The van der Waals surface area contributed by atoms with Crippen molar-refractivity contribution in [2.75, 3.05) is 0 Å². The van der Waals surface area contributed by atoms with Crippen LogP contribution in [0, 0.1) is 18.6 Å². The molecular weight excluding hydrogens is 234 g/mol. The zero-order valence-corrected chi connectivity index (χ0v) is 10.2. The van der Waals surface area contributed by atoms with E-state index < -0.39 is 17.2 Å². The van der Waals surface area contributed by atoms with E-state index in [1.54, 1.807) is 12.1 Å². The molecule has 18 heavy (non-hydrogen) atoms. The van der Waals surface area contributed by atoms with Crippen LogP contribution in [0.25, 0.3) is 0 Å². The minimum Gasteiger partial charge on any atom is -0.381 e. The van der Waals surface area contributed by atoms with Gasteiger partial charge in [-0.15, -0.1) is 0 Å². The number of hydrogen-bond acceptors (Lipinski definition) is 1. The van der Waals surface area contributed by atoms with Gasteiger partial charge in [-0.05, 0) is 37.1 Å². The van der Waals surface area contributed by atoms with Crippen molar-refractivity contribution in [1.82, 2.24) is 0 Å². The minimum atomic E-state index is -1.48. The first kappa shape index (κ1) is 12.7. The molecule has 1 nitrogen and oxygen atoms in total. The van der Waals surface area contributed by atoms with E-state index in [0.29, 0.717) is 5.56 Å². The second-order valence-corrected chi connectivity index (χ2v) is 4.51. The minimum absolute atomic E-state index is 0.0678. The molecule has 0 heterocycles. The van der Waals surface area contributed by atoms with Crippen molar-refractivity contribution >= 4 is 0 Å². The van der Waals surface area contributed by atoms with Crippen LogP contribution in [0.3, 0.4) is 0 Å². The molecule has 1 unspecified atom stereocenters. The highest BCUT2D eigenvalue weighted by atomic mass is 19.1. The molecule has 0 fully saturated rings. The average Bonchev–Trinajstić information content (AvgIpc) is 2.28. The molecule has 3 heteroatoms. The Labute approximate surface area is 105 Å². The predicted molar refractivity (Wildman–Crippen MR) is 66.2 cm³/mol. The van der Waals surface area contributed by atoms with Gasteiger partial charge in [0.2, 0.25) is 0 Å². The van der Waals surface area contributed by atoms with Gasteiger partial charge in [0.25, 0.3) is 0 Å². The van der Waals surface area contributed by atoms with Crippen LogP contribution < -0.4 is 0 Å². The van der Waals surface area contributed by atoms with Crippen molar-refractivity contribution in [3.63, 3.8) is 0 Å². The van der Waals surface area contributed by atoms with Crippen molar-refractivity contribution in [1.29, 1.82) is 0 Å². The van der Waals surface area contributed by atoms with Crippen molar-refractivity contribution in [2.24, 2.45) is 0 Å². The molecular formula is C15H14F2O. The molecule has 0 saturated heterocycles. The van der Waals surface area contributed by atoms with Gasteiger partial charge in [-0.3, -0.25) is 0 Å². The van der Waals surface area contributed by atoms with Crippen LogP contribution >= 0.6 is 0 Å². The molecule has 0 spiro atoms. The summed E-state index contributed by atoms with van der Waals surface area (Å²) in [5.74, 6) is -1.40. The fourth-order valence-electron chi connectivity index (χ4n) is 2.15. The topological polar surface area (TPSA) is 20.2 Å². The summed E-state index contributed by atoms with van der Waals surface area (Å²) in [6.07, 6.45) is 0. The maximum absolute atomic E-state index is 13.8. The summed E-state index contributed by atoms with van der Waals surface area (Å²) < 4.78 is 26.7. The van der Waals surface area contributed by atoms with Crippen LogP contribution in [0.4, 0.5) is 8.78 Å². The lowest BCUT2D eigenvalue weighted by Gasteiger charge is -2.26. The fraction of sp³-hybridized carbons (Fsp3) is 0.200. The normalized spacial score (nSPS) is 14.3. The van der Waals surface area contributed by atoms with E-state index in [9.17, 15) is 13.9 Å². The molecule has 0 bridgehead atoms. The Balaban J connectivity index is 2.58. The maximum atomic E-state index is 13.8. The summed E-state index contributed by atoms with van der Waals surface area (Å²) in [4.78, 5) is 0. The third kappa shape index (κ3) is 2.14. The molecule has 1 atom stereocenters. The molecule has 0 saturated carbocycles. The first-order valence-electron chi connectivity index (χ1n) is 5.67.